The number of hydrogen-bond acceptors (Lipinski definition) is 4. The summed E-state index contributed by atoms with van der Waals surface area (Å²) >= 11 is 2.14. The van der Waals surface area contributed by atoms with Gasteiger partial charge >= 0.3 is 0 Å². The zero-order valence-corrected chi connectivity index (χ0v) is 18.5. The van der Waals surface area contributed by atoms with Crippen molar-refractivity contribution in [1.82, 2.24) is 5.43 Å². The van der Waals surface area contributed by atoms with Crippen molar-refractivity contribution in [1.29, 1.82) is 0 Å². The van der Waals surface area contributed by atoms with E-state index in [1.165, 1.54) is 0 Å². The Labute approximate surface area is 188 Å². The second kappa shape index (κ2) is 10.5. The predicted octanol–water partition coefficient (Wildman–Crippen LogP) is 5.17. The molecule has 0 radical (unpaired) electrons. The van der Waals surface area contributed by atoms with Gasteiger partial charge in [-0.3, -0.25) is 9.59 Å². The van der Waals surface area contributed by atoms with Crippen LogP contribution in [0, 0.1) is 3.57 Å². The maximum absolute atomic E-state index is 12.2. The third-order valence-corrected chi connectivity index (χ3v) is 4.75. The number of amides is 2. The Morgan fingerprint density at radius 2 is 1.53 bits per heavy atom. The number of benzene rings is 3. The Kier molecular flexibility index (Phi) is 7.56. The summed E-state index contributed by atoms with van der Waals surface area (Å²) in [5.41, 5.74) is 6.12. The Balaban J connectivity index is 1.49. The van der Waals surface area contributed by atoms with E-state index >= 15 is 0 Å². The smallest absolute Gasteiger partial charge is 0.271 e. The molecule has 0 aliphatic carbocycles. The SMILES string of the molecule is C/C(CC(=O)Nc1ccc(Nc2ccccc2)cc1)=N/NC(=O)c1cccc(I)c1. The van der Waals surface area contributed by atoms with E-state index in [9.17, 15) is 9.59 Å². The van der Waals surface area contributed by atoms with Crippen LogP contribution < -0.4 is 16.1 Å². The largest absolute Gasteiger partial charge is 0.356 e. The summed E-state index contributed by atoms with van der Waals surface area (Å²) in [5.74, 6) is -0.515. The van der Waals surface area contributed by atoms with Gasteiger partial charge in [0.05, 0.1) is 6.42 Å². The summed E-state index contributed by atoms with van der Waals surface area (Å²) in [6, 6.07) is 24.5. The highest BCUT2D eigenvalue weighted by Crippen LogP contribution is 2.18. The van der Waals surface area contributed by atoms with E-state index in [0.717, 1.165) is 14.9 Å². The van der Waals surface area contributed by atoms with Gasteiger partial charge in [0.25, 0.3) is 5.91 Å². The summed E-state index contributed by atoms with van der Waals surface area (Å²) < 4.78 is 0.963. The minimum absolute atomic E-state index is 0.0800. The minimum Gasteiger partial charge on any atom is -0.356 e. The van der Waals surface area contributed by atoms with Crippen LogP contribution in [0.25, 0.3) is 0 Å². The number of nitrogens with one attached hydrogen (secondary N) is 3. The average Bonchev–Trinajstić information content (AvgIpc) is 2.74. The average molecular weight is 512 g/mol. The highest BCUT2D eigenvalue weighted by Gasteiger charge is 2.07. The molecular formula is C23H21IN4O2. The Hall–Kier alpha value is -3.20. The van der Waals surface area contributed by atoms with E-state index in [2.05, 4.69) is 43.8 Å². The molecule has 0 atom stereocenters. The summed E-state index contributed by atoms with van der Waals surface area (Å²) in [4.78, 5) is 24.3. The van der Waals surface area contributed by atoms with Crippen LogP contribution in [0.5, 0.6) is 0 Å². The standard InChI is InChI=1S/C23H21IN4O2/c1-16(27-28-23(30)17-6-5-7-18(24)15-17)14-22(29)26-21-12-10-20(11-13-21)25-19-8-3-2-4-9-19/h2-13,15,25H,14H2,1H3,(H,26,29)(H,28,30)/b27-16-. The molecule has 2 amide bonds. The van der Waals surface area contributed by atoms with Crippen molar-refractivity contribution in [2.45, 2.75) is 13.3 Å². The van der Waals surface area contributed by atoms with E-state index in [1.807, 2.05) is 60.7 Å². The predicted molar refractivity (Wildman–Crippen MR) is 129 cm³/mol. The lowest BCUT2D eigenvalue weighted by Gasteiger charge is -2.09. The summed E-state index contributed by atoms with van der Waals surface area (Å²) in [6.07, 6.45) is 0.0800. The van der Waals surface area contributed by atoms with Crippen LogP contribution in [0.15, 0.2) is 84.0 Å². The second-order valence-electron chi connectivity index (χ2n) is 6.59. The Bertz CT molecular complexity index is 1050. The molecule has 0 heterocycles. The van der Waals surface area contributed by atoms with E-state index in [1.54, 1.807) is 25.1 Å². The van der Waals surface area contributed by atoms with E-state index in [4.69, 9.17) is 0 Å². The normalized spacial score (nSPS) is 10.9. The van der Waals surface area contributed by atoms with Gasteiger partial charge in [-0.25, -0.2) is 5.43 Å². The molecule has 152 valence electrons. The van der Waals surface area contributed by atoms with E-state index in [-0.39, 0.29) is 18.2 Å². The second-order valence-corrected chi connectivity index (χ2v) is 7.84. The molecule has 30 heavy (non-hydrogen) atoms. The molecule has 6 nitrogen and oxygen atoms in total. The van der Waals surface area contributed by atoms with Crippen molar-refractivity contribution in [3.63, 3.8) is 0 Å². The van der Waals surface area contributed by atoms with Gasteiger partial charge in [0.15, 0.2) is 0 Å². The first-order valence-electron chi connectivity index (χ1n) is 9.30. The van der Waals surface area contributed by atoms with Crippen molar-refractivity contribution in [2.75, 3.05) is 10.6 Å². The summed E-state index contributed by atoms with van der Waals surface area (Å²) in [6.45, 7) is 1.70. The third-order valence-electron chi connectivity index (χ3n) is 4.08. The number of nitrogens with zero attached hydrogens (tertiary/aromatic N) is 1. The molecule has 7 heteroatoms. The zero-order valence-electron chi connectivity index (χ0n) is 16.4. The van der Waals surface area contributed by atoms with Crippen molar-refractivity contribution < 1.29 is 9.59 Å². The fraction of sp³-hybridized carbons (Fsp3) is 0.0870. The molecule has 3 rings (SSSR count). The molecule has 0 saturated carbocycles. The molecule has 0 spiro atoms. The molecule has 0 unspecified atom stereocenters. The van der Waals surface area contributed by atoms with Crippen LogP contribution >= 0.6 is 22.6 Å². The molecule has 3 aromatic rings. The van der Waals surface area contributed by atoms with Crippen molar-refractivity contribution in [3.8, 4) is 0 Å². The lowest BCUT2D eigenvalue weighted by atomic mass is 10.2. The van der Waals surface area contributed by atoms with Gasteiger partial charge in [0, 0.05) is 31.9 Å². The van der Waals surface area contributed by atoms with Gasteiger partial charge in [-0.15, -0.1) is 0 Å². The molecule has 0 aliphatic heterocycles. The first kappa shape index (κ1) is 21.5. The van der Waals surface area contributed by atoms with Crippen LogP contribution in [-0.4, -0.2) is 17.5 Å². The molecule has 0 aliphatic rings. The number of carbonyl (C=O) groups excluding carboxylic acids is 2. The number of hydrogen-bond donors (Lipinski definition) is 3. The number of para-hydroxylation sites is 1. The lowest BCUT2D eigenvalue weighted by molar-refractivity contribution is -0.115. The summed E-state index contributed by atoms with van der Waals surface area (Å²) in [5, 5.41) is 10.1. The number of rotatable bonds is 7. The number of carbonyl (C=O) groups is 2. The van der Waals surface area contributed by atoms with Crippen LogP contribution in [0.1, 0.15) is 23.7 Å². The van der Waals surface area contributed by atoms with Crippen LogP contribution in [0.3, 0.4) is 0 Å². The van der Waals surface area contributed by atoms with Gasteiger partial charge < -0.3 is 10.6 Å². The fourth-order valence-corrected chi connectivity index (χ4v) is 3.19. The molecule has 0 fully saturated rings. The van der Waals surface area contributed by atoms with Gasteiger partial charge in [-0.05, 0) is 84.1 Å². The maximum Gasteiger partial charge on any atom is 0.271 e. The van der Waals surface area contributed by atoms with Crippen LogP contribution in [-0.2, 0) is 4.79 Å². The van der Waals surface area contributed by atoms with Gasteiger partial charge in [-0.2, -0.15) is 5.10 Å². The van der Waals surface area contributed by atoms with Gasteiger partial charge in [0.1, 0.15) is 0 Å². The molecule has 0 aromatic heterocycles. The van der Waals surface area contributed by atoms with Crippen molar-refractivity contribution in [3.05, 3.63) is 88.0 Å². The highest BCUT2D eigenvalue weighted by atomic mass is 127. The molecule has 3 aromatic carbocycles. The van der Waals surface area contributed by atoms with Crippen LogP contribution in [0.4, 0.5) is 17.1 Å². The minimum atomic E-state index is -0.310. The Morgan fingerprint density at radius 1 is 0.867 bits per heavy atom. The number of halogens is 1. The van der Waals surface area contributed by atoms with E-state index in [0.29, 0.717) is 17.0 Å². The van der Waals surface area contributed by atoms with Gasteiger partial charge in [-0.1, -0.05) is 24.3 Å². The van der Waals surface area contributed by atoms with Gasteiger partial charge in [0.2, 0.25) is 5.91 Å². The quantitative estimate of drug-likeness (QED) is 0.232. The zero-order chi connectivity index (χ0) is 21.3. The topological polar surface area (TPSA) is 82.6 Å². The molecule has 0 bridgehead atoms. The highest BCUT2D eigenvalue weighted by molar-refractivity contribution is 14.1. The molecule has 0 saturated heterocycles. The first-order chi connectivity index (χ1) is 14.5. The van der Waals surface area contributed by atoms with E-state index < -0.39 is 0 Å². The molecular weight excluding hydrogens is 491 g/mol. The number of anilines is 3. The van der Waals surface area contributed by atoms with Crippen LogP contribution in [0.2, 0.25) is 0 Å². The Morgan fingerprint density at radius 3 is 2.23 bits per heavy atom. The lowest BCUT2D eigenvalue weighted by Crippen LogP contribution is -2.21. The fourth-order valence-electron chi connectivity index (χ4n) is 2.64. The first-order valence-corrected chi connectivity index (χ1v) is 10.4. The third kappa shape index (κ3) is 6.70. The maximum atomic E-state index is 12.2. The summed E-state index contributed by atoms with van der Waals surface area (Å²) in [7, 11) is 0. The number of hydrazone groups is 1. The monoisotopic (exact) mass is 512 g/mol. The van der Waals surface area contributed by atoms with Crippen molar-refractivity contribution >= 4 is 57.2 Å². The molecule has 3 N–H and O–H groups in total. The van der Waals surface area contributed by atoms with Crippen molar-refractivity contribution in [2.24, 2.45) is 5.10 Å².